The third-order valence-electron chi connectivity index (χ3n) is 4.07. The standard InChI is InChI=1S/C16H21NO6S/c1-11(24(21,22)14-6-8-23-9-7-14)16(20)17-13-4-2-12(3-5-13)10-15(18)19/h2-5,11,14H,6-10H2,1H3,(H,17,20)(H,18,19). The predicted octanol–water partition coefficient (Wildman–Crippen LogP) is 1.23. The van der Waals surface area contributed by atoms with E-state index in [1.54, 1.807) is 24.3 Å². The van der Waals surface area contributed by atoms with Crippen LogP contribution in [0.5, 0.6) is 0 Å². The number of aliphatic carboxylic acids is 1. The van der Waals surface area contributed by atoms with Gasteiger partial charge in [0.05, 0.1) is 11.7 Å². The van der Waals surface area contributed by atoms with Crippen molar-refractivity contribution >= 4 is 27.4 Å². The first-order chi connectivity index (χ1) is 11.3. The van der Waals surface area contributed by atoms with E-state index in [1.807, 2.05) is 0 Å². The Kier molecular flexibility index (Phi) is 5.95. The van der Waals surface area contributed by atoms with Crippen molar-refractivity contribution in [3.05, 3.63) is 29.8 Å². The minimum absolute atomic E-state index is 0.108. The molecule has 24 heavy (non-hydrogen) atoms. The van der Waals surface area contributed by atoms with Crippen LogP contribution in [0.4, 0.5) is 5.69 Å². The fraction of sp³-hybridized carbons (Fsp3) is 0.500. The average molecular weight is 355 g/mol. The zero-order valence-electron chi connectivity index (χ0n) is 13.4. The Balaban J connectivity index is 2.01. The lowest BCUT2D eigenvalue weighted by Crippen LogP contribution is -2.41. The average Bonchev–Trinajstić information content (AvgIpc) is 2.56. The molecule has 132 valence electrons. The number of nitrogens with one attached hydrogen (secondary N) is 1. The van der Waals surface area contributed by atoms with Gasteiger partial charge in [0.25, 0.3) is 0 Å². The number of benzene rings is 1. The van der Waals surface area contributed by atoms with Crippen molar-refractivity contribution in [3.63, 3.8) is 0 Å². The molecule has 1 unspecified atom stereocenters. The van der Waals surface area contributed by atoms with Gasteiger partial charge >= 0.3 is 5.97 Å². The molecule has 0 aromatic heterocycles. The van der Waals surface area contributed by atoms with E-state index in [-0.39, 0.29) is 6.42 Å². The van der Waals surface area contributed by atoms with Gasteiger partial charge in [-0.25, -0.2) is 8.42 Å². The van der Waals surface area contributed by atoms with E-state index in [0.29, 0.717) is 37.3 Å². The zero-order chi connectivity index (χ0) is 17.7. The summed E-state index contributed by atoms with van der Waals surface area (Å²) in [6.45, 7) is 2.17. The molecule has 0 radical (unpaired) electrons. The SMILES string of the molecule is CC(C(=O)Nc1ccc(CC(=O)O)cc1)S(=O)(=O)C1CCOCC1. The van der Waals surface area contributed by atoms with Crippen molar-refractivity contribution in [2.45, 2.75) is 36.7 Å². The highest BCUT2D eigenvalue weighted by molar-refractivity contribution is 7.93. The number of carbonyl (C=O) groups excluding carboxylic acids is 1. The summed E-state index contributed by atoms with van der Waals surface area (Å²) in [6.07, 6.45) is 0.705. The number of carbonyl (C=O) groups is 2. The second-order valence-corrected chi connectivity index (χ2v) is 8.35. The number of hydrogen-bond donors (Lipinski definition) is 2. The van der Waals surface area contributed by atoms with E-state index in [0.717, 1.165) is 0 Å². The molecule has 1 amide bonds. The topological polar surface area (TPSA) is 110 Å². The molecule has 0 spiro atoms. The molecule has 7 nitrogen and oxygen atoms in total. The van der Waals surface area contributed by atoms with Gasteiger partial charge in [0.2, 0.25) is 5.91 Å². The van der Waals surface area contributed by atoms with E-state index >= 15 is 0 Å². The Hall–Kier alpha value is -1.93. The Morgan fingerprint density at radius 2 is 1.83 bits per heavy atom. The molecule has 1 aliphatic heterocycles. The molecule has 1 fully saturated rings. The molecule has 0 saturated carbocycles. The molecule has 0 bridgehead atoms. The molecule has 8 heteroatoms. The van der Waals surface area contributed by atoms with Gasteiger partial charge < -0.3 is 15.2 Å². The van der Waals surface area contributed by atoms with Gasteiger partial charge in [-0.05, 0) is 37.5 Å². The summed E-state index contributed by atoms with van der Waals surface area (Å²) < 4.78 is 30.2. The predicted molar refractivity (Wildman–Crippen MR) is 88.6 cm³/mol. The number of sulfone groups is 1. The highest BCUT2D eigenvalue weighted by atomic mass is 32.2. The second-order valence-electron chi connectivity index (χ2n) is 5.80. The van der Waals surface area contributed by atoms with Gasteiger partial charge in [-0.3, -0.25) is 9.59 Å². The lowest BCUT2D eigenvalue weighted by atomic mass is 10.1. The van der Waals surface area contributed by atoms with Gasteiger partial charge in [-0.15, -0.1) is 0 Å². The fourth-order valence-electron chi connectivity index (χ4n) is 2.57. The van der Waals surface area contributed by atoms with E-state index in [1.165, 1.54) is 6.92 Å². The molecule has 1 aromatic rings. The van der Waals surface area contributed by atoms with Crippen LogP contribution in [0.2, 0.25) is 0 Å². The Bertz CT molecular complexity index is 692. The highest BCUT2D eigenvalue weighted by Gasteiger charge is 2.36. The minimum Gasteiger partial charge on any atom is -0.481 e. The Morgan fingerprint density at radius 1 is 1.25 bits per heavy atom. The second kappa shape index (κ2) is 7.76. The van der Waals surface area contributed by atoms with Crippen molar-refractivity contribution in [2.75, 3.05) is 18.5 Å². The summed E-state index contributed by atoms with van der Waals surface area (Å²) in [4.78, 5) is 22.9. The van der Waals surface area contributed by atoms with Crippen LogP contribution >= 0.6 is 0 Å². The monoisotopic (exact) mass is 355 g/mol. The van der Waals surface area contributed by atoms with Crippen molar-refractivity contribution in [3.8, 4) is 0 Å². The van der Waals surface area contributed by atoms with Crippen LogP contribution in [-0.2, 0) is 30.6 Å². The zero-order valence-corrected chi connectivity index (χ0v) is 14.2. The molecule has 1 aromatic carbocycles. The van der Waals surface area contributed by atoms with Crippen LogP contribution < -0.4 is 5.32 Å². The maximum atomic E-state index is 12.5. The van der Waals surface area contributed by atoms with Gasteiger partial charge in [0.15, 0.2) is 9.84 Å². The third kappa shape index (κ3) is 4.55. The normalized spacial score (nSPS) is 17.2. The van der Waals surface area contributed by atoms with Crippen molar-refractivity contribution in [1.82, 2.24) is 0 Å². The summed E-state index contributed by atoms with van der Waals surface area (Å²) in [5.74, 6) is -1.53. The molecular formula is C16H21NO6S. The van der Waals surface area contributed by atoms with Crippen LogP contribution in [0, 0.1) is 0 Å². The summed E-state index contributed by atoms with van der Waals surface area (Å²) >= 11 is 0. The molecule has 2 N–H and O–H groups in total. The molecule has 1 aliphatic rings. The van der Waals surface area contributed by atoms with Gasteiger partial charge in [0.1, 0.15) is 5.25 Å². The number of carboxylic acid groups (broad SMARTS) is 1. The Labute approximate surface area is 140 Å². The van der Waals surface area contributed by atoms with Crippen LogP contribution in [0.15, 0.2) is 24.3 Å². The molecule has 2 rings (SSSR count). The Morgan fingerprint density at radius 3 is 2.38 bits per heavy atom. The summed E-state index contributed by atoms with van der Waals surface area (Å²) in [5.41, 5.74) is 1.03. The molecule has 1 atom stereocenters. The van der Waals surface area contributed by atoms with Crippen LogP contribution in [0.3, 0.4) is 0 Å². The molecular weight excluding hydrogens is 334 g/mol. The minimum atomic E-state index is -3.58. The van der Waals surface area contributed by atoms with Gasteiger partial charge in [-0.1, -0.05) is 12.1 Å². The molecule has 1 saturated heterocycles. The van der Waals surface area contributed by atoms with Crippen LogP contribution in [0.1, 0.15) is 25.3 Å². The van der Waals surface area contributed by atoms with Gasteiger partial charge in [-0.2, -0.15) is 0 Å². The van der Waals surface area contributed by atoms with E-state index < -0.39 is 32.2 Å². The van der Waals surface area contributed by atoms with E-state index in [9.17, 15) is 18.0 Å². The van der Waals surface area contributed by atoms with Gasteiger partial charge in [0, 0.05) is 18.9 Å². The van der Waals surface area contributed by atoms with E-state index in [2.05, 4.69) is 5.32 Å². The number of anilines is 1. The smallest absolute Gasteiger partial charge is 0.307 e. The maximum absolute atomic E-state index is 12.5. The number of ether oxygens (including phenoxy) is 1. The first-order valence-electron chi connectivity index (χ1n) is 7.72. The number of amides is 1. The number of hydrogen-bond acceptors (Lipinski definition) is 5. The molecule has 0 aliphatic carbocycles. The number of carboxylic acids is 1. The largest absolute Gasteiger partial charge is 0.481 e. The maximum Gasteiger partial charge on any atom is 0.307 e. The van der Waals surface area contributed by atoms with E-state index in [4.69, 9.17) is 9.84 Å². The summed E-state index contributed by atoms with van der Waals surface area (Å²) in [6, 6.07) is 6.29. The van der Waals surface area contributed by atoms with Crippen molar-refractivity contribution < 1.29 is 27.9 Å². The first-order valence-corrected chi connectivity index (χ1v) is 9.33. The first kappa shape index (κ1) is 18.4. The lowest BCUT2D eigenvalue weighted by molar-refractivity contribution is -0.136. The third-order valence-corrected chi connectivity index (χ3v) is 6.67. The van der Waals surface area contributed by atoms with Crippen molar-refractivity contribution in [2.24, 2.45) is 0 Å². The van der Waals surface area contributed by atoms with Crippen molar-refractivity contribution in [1.29, 1.82) is 0 Å². The number of rotatable bonds is 6. The highest BCUT2D eigenvalue weighted by Crippen LogP contribution is 2.21. The fourth-order valence-corrected chi connectivity index (χ4v) is 4.35. The lowest BCUT2D eigenvalue weighted by Gasteiger charge is -2.25. The summed E-state index contributed by atoms with van der Waals surface area (Å²) in [5, 5.41) is 9.59. The van der Waals surface area contributed by atoms with Crippen LogP contribution in [0.25, 0.3) is 0 Å². The van der Waals surface area contributed by atoms with Crippen LogP contribution in [-0.4, -0.2) is 49.1 Å². The quantitative estimate of drug-likeness (QED) is 0.794. The molecule has 1 heterocycles. The summed E-state index contributed by atoms with van der Waals surface area (Å²) in [7, 11) is -3.58.